The number of nitrogens with one attached hydrogen (secondary N) is 1. The molecule has 0 radical (unpaired) electrons. The number of amides is 1. The molecule has 30 heavy (non-hydrogen) atoms. The Morgan fingerprint density at radius 3 is 2.37 bits per heavy atom. The SMILES string of the molecule is COc1ccccc1CN(C)C(=O)c1ccc(NS(=O)(=O)c2ccccc2)c(Cl)c1. The maximum absolute atomic E-state index is 12.8. The summed E-state index contributed by atoms with van der Waals surface area (Å²) in [7, 11) is -0.523. The lowest BCUT2D eigenvalue weighted by Gasteiger charge is -2.19. The number of carbonyl (C=O) groups is 1. The van der Waals surface area contributed by atoms with Crippen molar-refractivity contribution in [2.75, 3.05) is 18.9 Å². The van der Waals surface area contributed by atoms with Crippen LogP contribution in [0.15, 0.2) is 77.7 Å². The van der Waals surface area contributed by atoms with Gasteiger partial charge >= 0.3 is 0 Å². The number of anilines is 1. The van der Waals surface area contributed by atoms with Gasteiger partial charge in [0.25, 0.3) is 15.9 Å². The smallest absolute Gasteiger partial charge is 0.261 e. The van der Waals surface area contributed by atoms with E-state index in [1.54, 1.807) is 32.4 Å². The Balaban J connectivity index is 1.76. The molecule has 0 aliphatic carbocycles. The third-order valence-electron chi connectivity index (χ3n) is 4.46. The third-order valence-corrected chi connectivity index (χ3v) is 6.15. The predicted octanol–water partition coefficient (Wildman–Crippen LogP) is 4.42. The monoisotopic (exact) mass is 444 g/mol. The first-order valence-electron chi connectivity index (χ1n) is 9.06. The first kappa shape index (κ1) is 21.7. The number of halogens is 1. The van der Waals surface area contributed by atoms with Crippen LogP contribution in [0.4, 0.5) is 5.69 Å². The third kappa shape index (κ3) is 4.93. The van der Waals surface area contributed by atoms with Gasteiger partial charge in [-0.3, -0.25) is 9.52 Å². The summed E-state index contributed by atoms with van der Waals surface area (Å²) in [4.78, 5) is 14.5. The minimum Gasteiger partial charge on any atom is -0.496 e. The second kappa shape index (κ2) is 9.19. The van der Waals surface area contributed by atoms with Gasteiger partial charge in [-0.25, -0.2) is 8.42 Å². The predicted molar refractivity (Wildman–Crippen MR) is 117 cm³/mol. The molecule has 0 saturated carbocycles. The molecule has 0 unspecified atom stereocenters. The van der Waals surface area contributed by atoms with Crippen molar-refractivity contribution in [2.24, 2.45) is 0 Å². The van der Waals surface area contributed by atoms with Gasteiger partial charge in [0.1, 0.15) is 5.75 Å². The molecule has 0 saturated heterocycles. The maximum Gasteiger partial charge on any atom is 0.261 e. The molecule has 0 aliphatic rings. The Morgan fingerprint density at radius 2 is 1.70 bits per heavy atom. The van der Waals surface area contributed by atoms with Gasteiger partial charge in [0.15, 0.2) is 0 Å². The lowest BCUT2D eigenvalue weighted by atomic mass is 10.1. The molecule has 0 aliphatic heterocycles. The van der Waals surface area contributed by atoms with E-state index in [0.717, 1.165) is 5.56 Å². The van der Waals surface area contributed by atoms with Crippen LogP contribution in [0.5, 0.6) is 5.75 Å². The van der Waals surface area contributed by atoms with Crippen LogP contribution in [0.1, 0.15) is 15.9 Å². The van der Waals surface area contributed by atoms with Crippen LogP contribution in [-0.4, -0.2) is 33.4 Å². The average molecular weight is 445 g/mol. The van der Waals surface area contributed by atoms with E-state index in [1.165, 1.54) is 35.2 Å². The van der Waals surface area contributed by atoms with Gasteiger partial charge in [-0.1, -0.05) is 48.0 Å². The molecule has 156 valence electrons. The van der Waals surface area contributed by atoms with E-state index < -0.39 is 10.0 Å². The van der Waals surface area contributed by atoms with E-state index >= 15 is 0 Å². The summed E-state index contributed by atoms with van der Waals surface area (Å²) >= 11 is 6.26. The molecule has 0 atom stereocenters. The summed E-state index contributed by atoms with van der Waals surface area (Å²) in [6, 6.07) is 19.9. The lowest BCUT2D eigenvalue weighted by molar-refractivity contribution is 0.0784. The molecule has 3 aromatic rings. The van der Waals surface area contributed by atoms with Crippen LogP contribution in [0.3, 0.4) is 0 Å². The van der Waals surface area contributed by atoms with Crippen molar-refractivity contribution < 1.29 is 17.9 Å². The normalized spacial score (nSPS) is 11.0. The molecule has 0 fully saturated rings. The number of hydrogen-bond donors (Lipinski definition) is 1. The zero-order valence-electron chi connectivity index (χ0n) is 16.5. The Bertz CT molecular complexity index is 1150. The fourth-order valence-corrected chi connectivity index (χ4v) is 4.30. The van der Waals surface area contributed by atoms with Gasteiger partial charge in [-0.15, -0.1) is 0 Å². The minimum absolute atomic E-state index is 0.123. The van der Waals surface area contributed by atoms with Gasteiger partial charge in [0.2, 0.25) is 0 Å². The highest BCUT2D eigenvalue weighted by Crippen LogP contribution is 2.27. The topological polar surface area (TPSA) is 75.7 Å². The first-order valence-corrected chi connectivity index (χ1v) is 10.9. The van der Waals surface area contributed by atoms with Gasteiger partial charge < -0.3 is 9.64 Å². The van der Waals surface area contributed by atoms with Crippen LogP contribution in [0.25, 0.3) is 0 Å². The second-order valence-corrected chi connectivity index (χ2v) is 8.68. The van der Waals surface area contributed by atoms with Crippen molar-refractivity contribution in [1.29, 1.82) is 0 Å². The first-order chi connectivity index (χ1) is 14.3. The van der Waals surface area contributed by atoms with E-state index in [-0.39, 0.29) is 21.5 Å². The molecule has 3 rings (SSSR count). The molecular formula is C22H21ClN2O4S. The molecule has 1 N–H and O–H groups in total. The fraction of sp³-hybridized carbons (Fsp3) is 0.136. The Kier molecular flexibility index (Phi) is 6.64. The highest BCUT2D eigenvalue weighted by atomic mass is 35.5. The number of benzene rings is 3. The van der Waals surface area contributed by atoms with E-state index in [2.05, 4.69) is 4.72 Å². The van der Waals surface area contributed by atoms with E-state index in [1.807, 2.05) is 24.3 Å². The van der Waals surface area contributed by atoms with Gasteiger partial charge in [0, 0.05) is 24.7 Å². The van der Waals surface area contributed by atoms with Gasteiger partial charge in [-0.05, 0) is 36.4 Å². The van der Waals surface area contributed by atoms with E-state index in [4.69, 9.17) is 16.3 Å². The second-order valence-electron chi connectivity index (χ2n) is 6.59. The van der Waals surface area contributed by atoms with Gasteiger partial charge in [-0.2, -0.15) is 0 Å². The molecular weight excluding hydrogens is 424 g/mol. The number of rotatable bonds is 7. The summed E-state index contributed by atoms with van der Waals surface area (Å²) in [5.41, 5.74) is 1.42. The fourth-order valence-electron chi connectivity index (χ4n) is 2.92. The standard InChI is InChI=1S/C22H21ClN2O4S/c1-25(15-17-8-6-7-11-21(17)29-2)22(26)16-12-13-20(19(23)14-16)24-30(27,28)18-9-4-3-5-10-18/h3-14,24H,15H2,1-2H3. The molecule has 8 heteroatoms. The van der Waals surface area contributed by atoms with Crippen LogP contribution >= 0.6 is 11.6 Å². The Hall–Kier alpha value is -3.03. The van der Waals surface area contributed by atoms with Crippen molar-refractivity contribution in [1.82, 2.24) is 4.90 Å². The number of para-hydroxylation sites is 1. The van der Waals surface area contributed by atoms with Crippen molar-refractivity contribution in [3.05, 3.63) is 88.9 Å². The summed E-state index contributed by atoms with van der Waals surface area (Å²) in [6.45, 7) is 0.350. The minimum atomic E-state index is -3.78. The Morgan fingerprint density at radius 1 is 1.03 bits per heavy atom. The number of nitrogens with zero attached hydrogens (tertiary/aromatic N) is 1. The molecule has 0 spiro atoms. The molecule has 0 aromatic heterocycles. The average Bonchev–Trinajstić information content (AvgIpc) is 2.75. The zero-order valence-corrected chi connectivity index (χ0v) is 18.1. The highest BCUT2D eigenvalue weighted by molar-refractivity contribution is 7.92. The lowest BCUT2D eigenvalue weighted by Crippen LogP contribution is -2.26. The number of sulfonamides is 1. The van der Waals surface area contributed by atoms with Crippen molar-refractivity contribution in [3.8, 4) is 5.75 Å². The van der Waals surface area contributed by atoms with Gasteiger partial charge in [0.05, 0.1) is 22.7 Å². The quantitative estimate of drug-likeness (QED) is 0.585. The summed E-state index contributed by atoms with van der Waals surface area (Å²) in [6.07, 6.45) is 0. The van der Waals surface area contributed by atoms with Crippen LogP contribution in [-0.2, 0) is 16.6 Å². The molecule has 6 nitrogen and oxygen atoms in total. The number of methoxy groups -OCH3 is 1. The highest BCUT2D eigenvalue weighted by Gasteiger charge is 2.18. The summed E-state index contributed by atoms with van der Waals surface area (Å²) < 4.78 is 32.8. The number of carbonyl (C=O) groups excluding carboxylic acids is 1. The van der Waals surface area contributed by atoms with Crippen molar-refractivity contribution in [2.45, 2.75) is 11.4 Å². The number of hydrogen-bond acceptors (Lipinski definition) is 4. The maximum atomic E-state index is 12.8. The Labute approximate surface area is 181 Å². The summed E-state index contributed by atoms with van der Waals surface area (Å²) in [5.74, 6) is 0.445. The van der Waals surface area contributed by atoms with Crippen LogP contribution < -0.4 is 9.46 Å². The molecule has 0 bridgehead atoms. The molecule has 1 amide bonds. The molecule has 0 heterocycles. The van der Waals surface area contributed by atoms with Crippen molar-refractivity contribution >= 4 is 33.2 Å². The van der Waals surface area contributed by atoms with Crippen LogP contribution in [0.2, 0.25) is 5.02 Å². The largest absolute Gasteiger partial charge is 0.496 e. The van der Waals surface area contributed by atoms with E-state index in [9.17, 15) is 13.2 Å². The van der Waals surface area contributed by atoms with Crippen molar-refractivity contribution in [3.63, 3.8) is 0 Å². The number of ether oxygens (including phenoxy) is 1. The van der Waals surface area contributed by atoms with E-state index in [0.29, 0.717) is 17.9 Å². The summed E-state index contributed by atoms with van der Waals surface area (Å²) in [5, 5.41) is 0.131. The van der Waals surface area contributed by atoms with Crippen LogP contribution in [0, 0.1) is 0 Å². The molecule has 3 aromatic carbocycles. The zero-order chi connectivity index (χ0) is 21.7.